The molecule has 0 radical (unpaired) electrons. The number of rotatable bonds is 8. The number of thioether (sulfide) groups is 1. The fourth-order valence-corrected chi connectivity index (χ4v) is 5.45. The molecule has 1 aliphatic carbocycles. The summed E-state index contributed by atoms with van der Waals surface area (Å²) in [5.41, 5.74) is 0.317. The smallest absolute Gasteiger partial charge is 0.191 e. The van der Waals surface area contributed by atoms with Crippen LogP contribution in [-0.4, -0.2) is 98.4 Å². The summed E-state index contributed by atoms with van der Waals surface area (Å²) in [5.74, 6) is 3.56. The van der Waals surface area contributed by atoms with Crippen molar-refractivity contribution in [1.82, 2.24) is 20.4 Å². The highest BCUT2D eigenvalue weighted by molar-refractivity contribution is 7.99. The van der Waals surface area contributed by atoms with Gasteiger partial charge in [-0.15, -0.1) is 0 Å². The van der Waals surface area contributed by atoms with E-state index in [2.05, 4.69) is 39.1 Å². The van der Waals surface area contributed by atoms with Gasteiger partial charge < -0.3 is 15.4 Å². The third-order valence-corrected chi connectivity index (χ3v) is 7.08. The minimum Gasteiger partial charge on any atom is -0.379 e. The number of guanidine groups is 1. The van der Waals surface area contributed by atoms with Gasteiger partial charge in [-0.2, -0.15) is 11.8 Å². The molecule has 0 unspecified atom stereocenters. The Labute approximate surface area is 169 Å². The van der Waals surface area contributed by atoms with Gasteiger partial charge in [-0.25, -0.2) is 0 Å². The van der Waals surface area contributed by atoms with E-state index in [4.69, 9.17) is 9.73 Å². The molecule has 3 aliphatic rings. The van der Waals surface area contributed by atoms with E-state index in [1.54, 1.807) is 0 Å². The topological polar surface area (TPSA) is 52.1 Å². The SMILES string of the molecule is CCNC(=NCC1(N2CCSCC2)CCCC1)NCCCN1CCOCC1. The average Bonchev–Trinajstić information content (AvgIpc) is 3.21. The van der Waals surface area contributed by atoms with Crippen LogP contribution < -0.4 is 10.6 Å². The number of nitrogens with one attached hydrogen (secondary N) is 2. The first-order valence-corrected chi connectivity index (χ1v) is 12.1. The maximum atomic E-state index is 5.42. The van der Waals surface area contributed by atoms with Crippen LogP contribution in [0.15, 0.2) is 4.99 Å². The lowest BCUT2D eigenvalue weighted by Crippen LogP contribution is -2.53. The average molecular weight is 398 g/mol. The first-order valence-electron chi connectivity index (χ1n) is 11.0. The lowest BCUT2D eigenvalue weighted by molar-refractivity contribution is 0.0376. The van der Waals surface area contributed by atoms with Gasteiger partial charge in [0, 0.05) is 56.3 Å². The maximum absolute atomic E-state index is 5.42. The first kappa shape index (κ1) is 21.2. The minimum atomic E-state index is 0.317. The van der Waals surface area contributed by atoms with E-state index in [9.17, 15) is 0 Å². The molecule has 3 fully saturated rings. The number of morpholine rings is 1. The van der Waals surface area contributed by atoms with Crippen LogP contribution in [0.25, 0.3) is 0 Å². The molecular formula is C20H39N5OS. The molecule has 0 aromatic carbocycles. The third kappa shape index (κ3) is 6.51. The summed E-state index contributed by atoms with van der Waals surface area (Å²) in [5, 5.41) is 7.01. The molecule has 3 rings (SSSR count). The standard InChI is InChI=1S/C20H39N5OS/c1-2-21-19(22-8-5-9-24-10-14-26-15-11-24)23-18-20(6-3-4-7-20)25-12-16-27-17-13-25/h2-18H2,1H3,(H2,21,22,23). The molecule has 7 heteroatoms. The van der Waals surface area contributed by atoms with Gasteiger partial charge in [0.05, 0.1) is 19.8 Å². The highest BCUT2D eigenvalue weighted by Gasteiger charge is 2.39. The predicted molar refractivity (Wildman–Crippen MR) is 116 cm³/mol. The highest BCUT2D eigenvalue weighted by Crippen LogP contribution is 2.37. The number of hydrogen-bond donors (Lipinski definition) is 2. The van der Waals surface area contributed by atoms with Crippen molar-refractivity contribution >= 4 is 17.7 Å². The zero-order valence-electron chi connectivity index (χ0n) is 17.2. The molecule has 1 saturated carbocycles. The van der Waals surface area contributed by atoms with Crippen LogP contribution in [0.2, 0.25) is 0 Å². The Morgan fingerprint density at radius 3 is 2.52 bits per heavy atom. The molecule has 2 saturated heterocycles. The van der Waals surface area contributed by atoms with Crippen LogP contribution in [0, 0.1) is 0 Å². The van der Waals surface area contributed by atoms with Gasteiger partial charge in [-0.05, 0) is 32.7 Å². The predicted octanol–water partition coefficient (Wildman–Crippen LogP) is 1.63. The van der Waals surface area contributed by atoms with Crippen LogP contribution in [0.4, 0.5) is 0 Å². The Hall–Kier alpha value is -0.500. The Balaban J connectivity index is 1.47. The quantitative estimate of drug-likeness (QED) is 0.369. The second kappa shape index (κ2) is 11.5. The van der Waals surface area contributed by atoms with Crippen molar-refractivity contribution in [2.75, 3.05) is 77.1 Å². The molecule has 2 heterocycles. The van der Waals surface area contributed by atoms with Crippen molar-refractivity contribution in [3.8, 4) is 0 Å². The van der Waals surface area contributed by atoms with Crippen LogP contribution in [-0.2, 0) is 4.74 Å². The Bertz CT molecular complexity index is 444. The Morgan fingerprint density at radius 1 is 1.07 bits per heavy atom. The number of aliphatic imine (C=N–C) groups is 1. The van der Waals surface area contributed by atoms with E-state index in [0.717, 1.165) is 64.9 Å². The van der Waals surface area contributed by atoms with E-state index < -0.39 is 0 Å². The van der Waals surface area contributed by atoms with Gasteiger partial charge in [0.2, 0.25) is 0 Å². The van der Waals surface area contributed by atoms with Crippen LogP contribution in [0.3, 0.4) is 0 Å². The van der Waals surface area contributed by atoms with Crippen molar-refractivity contribution < 1.29 is 4.74 Å². The van der Waals surface area contributed by atoms with E-state index in [1.807, 2.05) is 0 Å². The maximum Gasteiger partial charge on any atom is 0.191 e. The summed E-state index contributed by atoms with van der Waals surface area (Å²) >= 11 is 2.10. The third-order valence-electron chi connectivity index (χ3n) is 6.14. The molecule has 0 aromatic rings. The number of hydrogen-bond acceptors (Lipinski definition) is 5. The molecule has 0 amide bonds. The second-order valence-electron chi connectivity index (χ2n) is 7.96. The first-order chi connectivity index (χ1) is 13.3. The summed E-state index contributed by atoms with van der Waals surface area (Å²) in [6.45, 7) is 12.5. The van der Waals surface area contributed by atoms with Crippen molar-refractivity contribution in [3.63, 3.8) is 0 Å². The van der Waals surface area contributed by atoms with Gasteiger partial charge in [-0.1, -0.05) is 12.8 Å². The van der Waals surface area contributed by atoms with Crippen molar-refractivity contribution in [1.29, 1.82) is 0 Å². The molecule has 0 spiro atoms. The molecular weight excluding hydrogens is 358 g/mol. The van der Waals surface area contributed by atoms with Crippen molar-refractivity contribution in [2.24, 2.45) is 4.99 Å². The summed E-state index contributed by atoms with van der Waals surface area (Å²) in [6.07, 6.45) is 6.51. The molecule has 0 atom stereocenters. The normalized spacial score (nSPS) is 24.9. The fraction of sp³-hybridized carbons (Fsp3) is 0.950. The van der Waals surface area contributed by atoms with Gasteiger partial charge in [0.25, 0.3) is 0 Å². The fourth-order valence-electron chi connectivity index (χ4n) is 4.55. The second-order valence-corrected chi connectivity index (χ2v) is 9.19. The number of ether oxygens (including phenoxy) is 1. The highest BCUT2D eigenvalue weighted by atomic mass is 32.2. The lowest BCUT2D eigenvalue weighted by atomic mass is 9.95. The number of nitrogens with zero attached hydrogens (tertiary/aromatic N) is 3. The van der Waals surface area contributed by atoms with Gasteiger partial charge in [-0.3, -0.25) is 14.8 Å². The molecule has 2 aliphatic heterocycles. The van der Waals surface area contributed by atoms with Gasteiger partial charge >= 0.3 is 0 Å². The summed E-state index contributed by atoms with van der Waals surface area (Å²) in [4.78, 5) is 10.3. The van der Waals surface area contributed by atoms with Gasteiger partial charge in [0.15, 0.2) is 5.96 Å². The molecule has 6 nitrogen and oxygen atoms in total. The summed E-state index contributed by atoms with van der Waals surface area (Å²) < 4.78 is 5.42. The van der Waals surface area contributed by atoms with E-state index in [0.29, 0.717) is 5.54 Å². The monoisotopic (exact) mass is 397 g/mol. The van der Waals surface area contributed by atoms with Crippen LogP contribution >= 0.6 is 11.8 Å². The Morgan fingerprint density at radius 2 is 1.81 bits per heavy atom. The van der Waals surface area contributed by atoms with Crippen LogP contribution in [0.5, 0.6) is 0 Å². The van der Waals surface area contributed by atoms with Crippen molar-refractivity contribution in [3.05, 3.63) is 0 Å². The molecule has 2 N–H and O–H groups in total. The lowest BCUT2D eigenvalue weighted by Gasteiger charge is -2.42. The van der Waals surface area contributed by atoms with Gasteiger partial charge in [0.1, 0.15) is 0 Å². The Kier molecular flexibility index (Phi) is 9.03. The molecule has 156 valence electrons. The van der Waals surface area contributed by atoms with Crippen molar-refractivity contribution in [2.45, 2.75) is 44.6 Å². The zero-order chi connectivity index (χ0) is 18.8. The van der Waals surface area contributed by atoms with E-state index >= 15 is 0 Å². The van der Waals surface area contributed by atoms with E-state index in [-0.39, 0.29) is 0 Å². The largest absolute Gasteiger partial charge is 0.379 e. The van der Waals surface area contributed by atoms with E-state index in [1.165, 1.54) is 50.3 Å². The summed E-state index contributed by atoms with van der Waals surface area (Å²) in [7, 11) is 0. The van der Waals surface area contributed by atoms with Crippen LogP contribution in [0.1, 0.15) is 39.0 Å². The molecule has 0 bridgehead atoms. The zero-order valence-corrected chi connectivity index (χ0v) is 18.0. The minimum absolute atomic E-state index is 0.317. The molecule has 0 aromatic heterocycles. The summed E-state index contributed by atoms with van der Waals surface area (Å²) in [6, 6.07) is 0. The molecule has 27 heavy (non-hydrogen) atoms.